The number of morpholine rings is 1. The molecule has 1 aromatic carbocycles. The van der Waals surface area contributed by atoms with E-state index in [2.05, 4.69) is 5.32 Å². The zero-order chi connectivity index (χ0) is 20.1. The molecule has 2 aromatic heterocycles. The zero-order valence-corrected chi connectivity index (χ0v) is 16.8. The lowest BCUT2D eigenvalue weighted by atomic mass is 10.2. The van der Waals surface area contributed by atoms with Gasteiger partial charge >= 0.3 is 0 Å². The molecule has 0 radical (unpaired) electrons. The van der Waals surface area contributed by atoms with Gasteiger partial charge in [0.2, 0.25) is 11.8 Å². The molecule has 3 aromatic rings. The van der Waals surface area contributed by atoms with Crippen LogP contribution in [0.15, 0.2) is 58.2 Å². The molecule has 0 spiro atoms. The Morgan fingerprint density at radius 3 is 2.72 bits per heavy atom. The van der Waals surface area contributed by atoms with Gasteiger partial charge in [-0.15, -0.1) is 11.8 Å². The number of thioether (sulfide) groups is 1. The summed E-state index contributed by atoms with van der Waals surface area (Å²) in [5.74, 6) is 1.04. The molecule has 7 nitrogen and oxygen atoms in total. The number of benzene rings is 1. The van der Waals surface area contributed by atoms with Crippen LogP contribution >= 0.6 is 11.8 Å². The number of nitrogens with one attached hydrogen (secondary N) is 1. The van der Waals surface area contributed by atoms with E-state index in [-0.39, 0.29) is 18.4 Å². The first-order chi connectivity index (χ1) is 14.2. The molecule has 0 saturated carbocycles. The highest BCUT2D eigenvalue weighted by Gasteiger charge is 2.19. The van der Waals surface area contributed by atoms with Gasteiger partial charge in [-0.25, -0.2) is 0 Å². The summed E-state index contributed by atoms with van der Waals surface area (Å²) in [4.78, 5) is 27.7. The van der Waals surface area contributed by atoms with E-state index in [0.717, 1.165) is 21.6 Å². The van der Waals surface area contributed by atoms with Crippen molar-refractivity contribution in [3.05, 3.63) is 54.6 Å². The number of para-hydroxylation sites is 1. The van der Waals surface area contributed by atoms with Crippen LogP contribution in [0.1, 0.15) is 5.76 Å². The third-order valence-corrected chi connectivity index (χ3v) is 5.86. The Morgan fingerprint density at radius 1 is 1.10 bits per heavy atom. The third kappa shape index (κ3) is 4.83. The summed E-state index contributed by atoms with van der Waals surface area (Å²) in [6.07, 6.45) is 3.55. The minimum absolute atomic E-state index is 0.0624. The molecule has 0 aliphatic carbocycles. The summed E-state index contributed by atoms with van der Waals surface area (Å²) in [5, 5.41) is 3.90. The molecule has 0 bridgehead atoms. The maximum Gasteiger partial charge on any atom is 0.242 e. The van der Waals surface area contributed by atoms with Crippen molar-refractivity contribution in [3.8, 4) is 0 Å². The number of nitrogens with zero attached hydrogens (tertiary/aromatic N) is 2. The molecule has 1 fully saturated rings. The number of amides is 2. The lowest BCUT2D eigenvalue weighted by Crippen LogP contribution is -2.42. The molecular formula is C21H23N3O4S. The Kier molecular flexibility index (Phi) is 6.21. The van der Waals surface area contributed by atoms with E-state index >= 15 is 0 Å². The van der Waals surface area contributed by atoms with E-state index in [9.17, 15) is 9.59 Å². The molecule has 1 saturated heterocycles. The first kappa shape index (κ1) is 19.6. The molecule has 29 heavy (non-hydrogen) atoms. The van der Waals surface area contributed by atoms with Gasteiger partial charge < -0.3 is 23.9 Å². The SMILES string of the molecule is O=C(CSc1cn(CC(=O)N2CCOCC2)c2ccccc12)NCc1ccco1. The van der Waals surface area contributed by atoms with Crippen molar-refractivity contribution in [2.45, 2.75) is 18.0 Å². The second-order valence-electron chi connectivity index (χ2n) is 6.78. The van der Waals surface area contributed by atoms with Crippen LogP contribution < -0.4 is 5.32 Å². The average Bonchev–Trinajstić information content (AvgIpc) is 3.40. The van der Waals surface area contributed by atoms with Crippen LogP contribution in [-0.2, 0) is 27.4 Å². The quantitative estimate of drug-likeness (QED) is 0.603. The molecule has 4 rings (SSSR count). The van der Waals surface area contributed by atoms with Crippen molar-refractivity contribution in [1.29, 1.82) is 0 Å². The first-order valence-electron chi connectivity index (χ1n) is 9.56. The normalized spacial score (nSPS) is 14.3. The van der Waals surface area contributed by atoms with Gasteiger partial charge in [0, 0.05) is 35.1 Å². The monoisotopic (exact) mass is 413 g/mol. The van der Waals surface area contributed by atoms with E-state index in [1.807, 2.05) is 46.0 Å². The summed E-state index contributed by atoms with van der Waals surface area (Å²) in [5.41, 5.74) is 0.993. The predicted octanol–water partition coefficient (Wildman–Crippen LogP) is 2.50. The Hall–Kier alpha value is -2.71. The topological polar surface area (TPSA) is 76.7 Å². The van der Waals surface area contributed by atoms with Crippen LogP contribution in [0.5, 0.6) is 0 Å². The van der Waals surface area contributed by atoms with Crippen LogP contribution in [0.4, 0.5) is 0 Å². The van der Waals surface area contributed by atoms with Crippen LogP contribution in [-0.4, -0.2) is 53.3 Å². The van der Waals surface area contributed by atoms with Crippen LogP contribution in [0.3, 0.4) is 0 Å². The van der Waals surface area contributed by atoms with E-state index in [1.54, 1.807) is 12.3 Å². The molecule has 0 atom stereocenters. The van der Waals surface area contributed by atoms with Gasteiger partial charge in [-0.2, -0.15) is 0 Å². The third-order valence-electron chi connectivity index (χ3n) is 4.82. The molecular weight excluding hydrogens is 390 g/mol. The smallest absolute Gasteiger partial charge is 0.242 e. The maximum absolute atomic E-state index is 12.7. The molecule has 1 aliphatic heterocycles. The highest BCUT2D eigenvalue weighted by molar-refractivity contribution is 8.00. The summed E-state index contributed by atoms with van der Waals surface area (Å²) >= 11 is 1.47. The molecule has 152 valence electrons. The largest absolute Gasteiger partial charge is 0.467 e. The Bertz CT molecular complexity index is 977. The van der Waals surface area contributed by atoms with E-state index in [0.29, 0.717) is 38.6 Å². The van der Waals surface area contributed by atoms with Crippen molar-refractivity contribution in [3.63, 3.8) is 0 Å². The van der Waals surface area contributed by atoms with Gasteiger partial charge in [0.25, 0.3) is 0 Å². The van der Waals surface area contributed by atoms with Gasteiger partial charge in [0.05, 0.1) is 31.8 Å². The summed E-state index contributed by atoms with van der Waals surface area (Å²) in [6, 6.07) is 11.6. The van der Waals surface area contributed by atoms with Gasteiger partial charge in [0.1, 0.15) is 12.3 Å². The number of hydrogen-bond donors (Lipinski definition) is 1. The molecule has 2 amide bonds. The number of furan rings is 1. The number of ether oxygens (including phenoxy) is 1. The van der Waals surface area contributed by atoms with Crippen molar-refractivity contribution < 1.29 is 18.7 Å². The number of carbonyl (C=O) groups excluding carboxylic acids is 2. The summed E-state index contributed by atoms with van der Waals surface area (Å²) in [7, 11) is 0. The number of carbonyl (C=O) groups is 2. The zero-order valence-electron chi connectivity index (χ0n) is 16.0. The molecule has 1 aliphatic rings. The number of rotatable bonds is 7. The minimum Gasteiger partial charge on any atom is -0.467 e. The molecule has 0 unspecified atom stereocenters. The highest BCUT2D eigenvalue weighted by atomic mass is 32.2. The first-order valence-corrected chi connectivity index (χ1v) is 10.5. The second-order valence-corrected chi connectivity index (χ2v) is 7.79. The predicted molar refractivity (Wildman–Crippen MR) is 111 cm³/mol. The van der Waals surface area contributed by atoms with Crippen LogP contribution in [0.25, 0.3) is 10.9 Å². The second kappa shape index (κ2) is 9.19. The number of fused-ring (bicyclic) bond motifs is 1. The van der Waals surface area contributed by atoms with Crippen molar-refractivity contribution in [1.82, 2.24) is 14.8 Å². The van der Waals surface area contributed by atoms with Crippen molar-refractivity contribution in [2.75, 3.05) is 32.1 Å². The molecule has 1 N–H and O–H groups in total. The summed E-state index contributed by atoms with van der Waals surface area (Å²) in [6.45, 7) is 3.11. The van der Waals surface area contributed by atoms with Crippen LogP contribution in [0, 0.1) is 0 Å². The van der Waals surface area contributed by atoms with E-state index in [4.69, 9.17) is 9.15 Å². The molecule has 8 heteroatoms. The fourth-order valence-corrected chi connectivity index (χ4v) is 4.23. The minimum atomic E-state index is -0.0624. The van der Waals surface area contributed by atoms with Crippen LogP contribution in [0.2, 0.25) is 0 Å². The Labute approximate surface area is 173 Å². The van der Waals surface area contributed by atoms with Gasteiger partial charge in [-0.05, 0) is 18.2 Å². The van der Waals surface area contributed by atoms with Gasteiger partial charge in [-0.1, -0.05) is 18.2 Å². The fraction of sp³-hybridized carbons (Fsp3) is 0.333. The summed E-state index contributed by atoms with van der Waals surface area (Å²) < 4.78 is 12.5. The Balaban J connectivity index is 1.41. The standard InChI is InChI=1S/C21H23N3O4S/c25-20(22-12-16-4-3-9-28-16)15-29-19-13-24(18-6-2-1-5-17(18)19)14-21(26)23-7-10-27-11-8-23/h1-6,9,13H,7-8,10-12,14-15H2,(H,22,25). The lowest BCUT2D eigenvalue weighted by molar-refractivity contribution is -0.135. The van der Waals surface area contributed by atoms with Crippen molar-refractivity contribution in [2.24, 2.45) is 0 Å². The van der Waals surface area contributed by atoms with Gasteiger partial charge in [0.15, 0.2) is 0 Å². The maximum atomic E-state index is 12.7. The number of aromatic nitrogens is 1. The lowest BCUT2D eigenvalue weighted by Gasteiger charge is -2.27. The Morgan fingerprint density at radius 2 is 1.93 bits per heavy atom. The van der Waals surface area contributed by atoms with E-state index < -0.39 is 0 Å². The number of hydrogen-bond acceptors (Lipinski definition) is 5. The highest BCUT2D eigenvalue weighted by Crippen LogP contribution is 2.30. The van der Waals surface area contributed by atoms with Gasteiger partial charge in [-0.3, -0.25) is 9.59 Å². The average molecular weight is 413 g/mol. The molecule has 3 heterocycles. The fourth-order valence-electron chi connectivity index (χ4n) is 3.31. The van der Waals surface area contributed by atoms with Crippen molar-refractivity contribution >= 4 is 34.5 Å². The van der Waals surface area contributed by atoms with E-state index in [1.165, 1.54) is 11.8 Å².